The number of benzene rings is 1. The van der Waals surface area contributed by atoms with Crippen LogP contribution in [0, 0.1) is 0 Å². The van der Waals surface area contributed by atoms with E-state index in [1.165, 1.54) is 11.3 Å². The van der Waals surface area contributed by atoms with Gasteiger partial charge in [-0.1, -0.05) is 6.07 Å². The van der Waals surface area contributed by atoms with Gasteiger partial charge in [0.1, 0.15) is 0 Å². The lowest BCUT2D eigenvalue weighted by molar-refractivity contribution is 0.103. The van der Waals surface area contributed by atoms with E-state index in [0.29, 0.717) is 11.5 Å². The molecular formula is C14H16N2O2S. The number of amides is 1. The zero-order chi connectivity index (χ0) is 13.5. The van der Waals surface area contributed by atoms with Gasteiger partial charge in [0, 0.05) is 25.0 Å². The van der Waals surface area contributed by atoms with Gasteiger partial charge < -0.3 is 15.4 Å². The van der Waals surface area contributed by atoms with Crippen LogP contribution in [0.3, 0.4) is 0 Å². The predicted molar refractivity (Wildman–Crippen MR) is 79.1 cm³/mol. The summed E-state index contributed by atoms with van der Waals surface area (Å²) < 4.78 is 4.96. The summed E-state index contributed by atoms with van der Waals surface area (Å²) in [5, 5.41) is 7.96. The first kappa shape index (κ1) is 13.6. The van der Waals surface area contributed by atoms with Crippen molar-refractivity contribution < 1.29 is 9.53 Å². The number of thiophene rings is 1. The van der Waals surface area contributed by atoms with Crippen molar-refractivity contribution in [2.45, 2.75) is 0 Å². The Kier molecular flexibility index (Phi) is 4.94. The molecule has 0 saturated carbocycles. The normalized spacial score (nSPS) is 10.2. The molecule has 2 N–H and O–H groups in total. The van der Waals surface area contributed by atoms with Gasteiger partial charge in [-0.15, -0.1) is 11.3 Å². The molecule has 0 spiro atoms. The van der Waals surface area contributed by atoms with Crippen molar-refractivity contribution in [3.05, 3.63) is 46.7 Å². The van der Waals surface area contributed by atoms with Crippen molar-refractivity contribution in [2.75, 3.05) is 30.9 Å². The lowest BCUT2D eigenvalue weighted by Gasteiger charge is -2.07. The molecule has 4 nitrogen and oxygen atoms in total. The molecule has 100 valence electrons. The smallest absolute Gasteiger partial charge is 0.265 e. The molecule has 0 saturated heterocycles. The first-order valence-electron chi connectivity index (χ1n) is 5.97. The molecule has 5 heteroatoms. The van der Waals surface area contributed by atoms with Gasteiger partial charge in [0.15, 0.2) is 0 Å². The summed E-state index contributed by atoms with van der Waals surface area (Å²) in [6.07, 6.45) is 0. The van der Waals surface area contributed by atoms with E-state index in [4.69, 9.17) is 4.74 Å². The maximum absolute atomic E-state index is 11.8. The second-order valence-corrected chi connectivity index (χ2v) is 4.88. The minimum atomic E-state index is -0.0740. The standard InChI is InChI=1S/C14H16N2O2S/c1-18-9-8-15-11-4-6-12(7-5-11)16-14(17)13-3-2-10-19-13/h2-7,10,15H,8-9H2,1H3,(H,16,17). The molecule has 0 bridgehead atoms. The average Bonchev–Trinajstić information content (AvgIpc) is 2.95. The number of hydrogen-bond donors (Lipinski definition) is 2. The lowest BCUT2D eigenvalue weighted by atomic mass is 10.2. The van der Waals surface area contributed by atoms with Crippen molar-refractivity contribution >= 4 is 28.6 Å². The van der Waals surface area contributed by atoms with E-state index in [9.17, 15) is 4.79 Å². The van der Waals surface area contributed by atoms with Crippen LogP contribution >= 0.6 is 11.3 Å². The fraction of sp³-hybridized carbons (Fsp3) is 0.214. The maximum atomic E-state index is 11.8. The molecule has 1 heterocycles. The van der Waals surface area contributed by atoms with Crippen LogP contribution in [-0.4, -0.2) is 26.2 Å². The highest BCUT2D eigenvalue weighted by Gasteiger charge is 2.06. The molecule has 2 aromatic rings. The summed E-state index contributed by atoms with van der Waals surface area (Å²) in [6, 6.07) is 11.3. The van der Waals surface area contributed by atoms with E-state index < -0.39 is 0 Å². The number of methoxy groups -OCH3 is 1. The molecular weight excluding hydrogens is 260 g/mol. The fourth-order valence-corrected chi connectivity index (χ4v) is 2.19. The molecule has 0 unspecified atom stereocenters. The Morgan fingerprint density at radius 2 is 1.95 bits per heavy atom. The summed E-state index contributed by atoms with van der Waals surface area (Å²) in [4.78, 5) is 12.5. The van der Waals surface area contributed by atoms with Gasteiger partial charge in [0.2, 0.25) is 0 Å². The quantitative estimate of drug-likeness (QED) is 0.797. The Hall–Kier alpha value is -1.85. The van der Waals surface area contributed by atoms with Crippen molar-refractivity contribution in [3.63, 3.8) is 0 Å². The third-order valence-corrected chi connectivity index (χ3v) is 3.39. The summed E-state index contributed by atoms with van der Waals surface area (Å²) in [5.41, 5.74) is 1.79. The van der Waals surface area contributed by atoms with E-state index in [0.717, 1.165) is 17.9 Å². The van der Waals surface area contributed by atoms with Crippen LogP contribution < -0.4 is 10.6 Å². The van der Waals surface area contributed by atoms with Crippen LogP contribution in [0.5, 0.6) is 0 Å². The second kappa shape index (κ2) is 6.92. The topological polar surface area (TPSA) is 50.4 Å². The monoisotopic (exact) mass is 276 g/mol. The molecule has 0 fully saturated rings. The molecule has 1 aromatic carbocycles. The first-order valence-corrected chi connectivity index (χ1v) is 6.85. The molecule has 0 aliphatic heterocycles. The van der Waals surface area contributed by atoms with Crippen LogP contribution in [0.4, 0.5) is 11.4 Å². The third-order valence-electron chi connectivity index (χ3n) is 2.52. The minimum absolute atomic E-state index is 0.0740. The average molecular weight is 276 g/mol. The first-order chi connectivity index (χ1) is 9.29. The number of carbonyl (C=O) groups excluding carboxylic acids is 1. The Balaban J connectivity index is 1.90. The third kappa shape index (κ3) is 4.08. The van der Waals surface area contributed by atoms with Gasteiger partial charge in [-0.2, -0.15) is 0 Å². The van der Waals surface area contributed by atoms with Crippen LogP contribution in [0.2, 0.25) is 0 Å². The van der Waals surface area contributed by atoms with Gasteiger partial charge >= 0.3 is 0 Å². The number of anilines is 2. The van der Waals surface area contributed by atoms with E-state index in [1.54, 1.807) is 13.2 Å². The van der Waals surface area contributed by atoms with E-state index in [1.807, 2.05) is 35.7 Å². The molecule has 2 rings (SSSR count). The lowest BCUT2D eigenvalue weighted by Crippen LogP contribution is -2.10. The predicted octanol–water partition coefficient (Wildman–Crippen LogP) is 3.06. The van der Waals surface area contributed by atoms with E-state index in [-0.39, 0.29) is 5.91 Å². The zero-order valence-corrected chi connectivity index (χ0v) is 11.5. The second-order valence-electron chi connectivity index (χ2n) is 3.93. The SMILES string of the molecule is COCCNc1ccc(NC(=O)c2cccs2)cc1. The van der Waals surface area contributed by atoms with Crippen molar-refractivity contribution in [1.29, 1.82) is 0 Å². The van der Waals surface area contributed by atoms with Gasteiger partial charge in [0.05, 0.1) is 11.5 Å². The van der Waals surface area contributed by atoms with Crippen molar-refractivity contribution in [1.82, 2.24) is 0 Å². The van der Waals surface area contributed by atoms with Crippen molar-refractivity contribution in [2.24, 2.45) is 0 Å². The molecule has 1 aromatic heterocycles. The van der Waals surface area contributed by atoms with E-state index >= 15 is 0 Å². The van der Waals surface area contributed by atoms with Crippen molar-refractivity contribution in [3.8, 4) is 0 Å². The van der Waals surface area contributed by atoms with Crippen LogP contribution in [0.15, 0.2) is 41.8 Å². The number of carbonyl (C=O) groups is 1. The van der Waals surface area contributed by atoms with Crippen LogP contribution in [0.1, 0.15) is 9.67 Å². The Bertz CT molecular complexity index is 509. The van der Waals surface area contributed by atoms with Gasteiger partial charge in [-0.25, -0.2) is 0 Å². The number of rotatable bonds is 6. The highest BCUT2D eigenvalue weighted by atomic mass is 32.1. The van der Waals surface area contributed by atoms with E-state index in [2.05, 4.69) is 10.6 Å². The summed E-state index contributed by atoms with van der Waals surface area (Å²) in [6.45, 7) is 1.42. The Labute approximate surface area is 116 Å². The molecule has 0 aliphatic carbocycles. The zero-order valence-electron chi connectivity index (χ0n) is 10.7. The van der Waals surface area contributed by atoms with Gasteiger partial charge in [-0.05, 0) is 35.7 Å². The molecule has 1 amide bonds. The largest absolute Gasteiger partial charge is 0.383 e. The van der Waals surface area contributed by atoms with Crippen LogP contribution in [-0.2, 0) is 4.74 Å². The molecule has 0 atom stereocenters. The Morgan fingerprint density at radius 3 is 2.58 bits per heavy atom. The molecule has 0 radical (unpaired) electrons. The number of nitrogens with one attached hydrogen (secondary N) is 2. The molecule has 19 heavy (non-hydrogen) atoms. The summed E-state index contributed by atoms with van der Waals surface area (Å²) >= 11 is 1.43. The van der Waals surface area contributed by atoms with Crippen LogP contribution in [0.25, 0.3) is 0 Å². The summed E-state index contributed by atoms with van der Waals surface area (Å²) in [5.74, 6) is -0.0740. The Morgan fingerprint density at radius 1 is 1.21 bits per heavy atom. The fourth-order valence-electron chi connectivity index (χ4n) is 1.57. The minimum Gasteiger partial charge on any atom is -0.383 e. The summed E-state index contributed by atoms with van der Waals surface area (Å²) in [7, 11) is 1.67. The highest BCUT2D eigenvalue weighted by molar-refractivity contribution is 7.12. The van der Waals surface area contributed by atoms with Gasteiger partial charge in [-0.3, -0.25) is 4.79 Å². The number of ether oxygens (including phenoxy) is 1. The maximum Gasteiger partial charge on any atom is 0.265 e. The van der Waals surface area contributed by atoms with Gasteiger partial charge in [0.25, 0.3) is 5.91 Å². The molecule has 0 aliphatic rings. The highest BCUT2D eigenvalue weighted by Crippen LogP contribution is 2.16. The number of hydrogen-bond acceptors (Lipinski definition) is 4.